The summed E-state index contributed by atoms with van der Waals surface area (Å²) in [5.74, 6) is 2.37. The van der Waals surface area contributed by atoms with Crippen LogP contribution in [0.2, 0.25) is 0 Å². The van der Waals surface area contributed by atoms with Crippen LogP contribution in [0.25, 0.3) is 0 Å². The van der Waals surface area contributed by atoms with Gasteiger partial charge in [0.1, 0.15) is 0 Å². The lowest BCUT2D eigenvalue weighted by molar-refractivity contribution is 0.201. The molecule has 1 aliphatic heterocycles. The highest BCUT2D eigenvalue weighted by atomic mass is 35.5. The third-order valence-electron chi connectivity index (χ3n) is 3.96. The molecule has 0 aliphatic carbocycles. The summed E-state index contributed by atoms with van der Waals surface area (Å²) in [7, 11) is 5.62. The van der Waals surface area contributed by atoms with Crippen LogP contribution in [0.15, 0.2) is 12.1 Å². The van der Waals surface area contributed by atoms with Gasteiger partial charge < -0.3 is 9.47 Å². The first-order chi connectivity index (χ1) is 9.06. The highest BCUT2D eigenvalue weighted by molar-refractivity contribution is 5.85. The molecule has 1 aromatic carbocycles. The van der Waals surface area contributed by atoms with Gasteiger partial charge in [0.05, 0.1) is 14.2 Å². The predicted octanol–water partition coefficient (Wildman–Crippen LogP) is 3.70. The van der Waals surface area contributed by atoms with E-state index in [4.69, 9.17) is 9.47 Å². The van der Waals surface area contributed by atoms with Gasteiger partial charge in [0.15, 0.2) is 11.5 Å². The van der Waals surface area contributed by atoms with Crippen molar-refractivity contribution in [2.24, 2.45) is 5.92 Å². The molecular formula is C16H26ClNO2. The zero-order valence-corrected chi connectivity index (χ0v) is 13.9. The van der Waals surface area contributed by atoms with Crippen molar-refractivity contribution in [1.29, 1.82) is 0 Å². The summed E-state index contributed by atoms with van der Waals surface area (Å²) in [6.07, 6.45) is 2.26. The summed E-state index contributed by atoms with van der Waals surface area (Å²) < 4.78 is 10.9. The van der Waals surface area contributed by atoms with E-state index in [1.807, 2.05) is 0 Å². The fourth-order valence-corrected chi connectivity index (χ4v) is 2.91. The number of hydrogen-bond acceptors (Lipinski definition) is 3. The van der Waals surface area contributed by atoms with E-state index in [0.717, 1.165) is 24.5 Å². The van der Waals surface area contributed by atoms with Gasteiger partial charge in [-0.2, -0.15) is 0 Å². The van der Waals surface area contributed by atoms with Gasteiger partial charge in [-0.1, -0.05) is 13.8 Å². The Balaban J connectivity index is 0.00000200. The Morgan fingerprint density at radius 2 is 1.80 bits per heavy atom. The number of nitrogens with zero attached hydrogens (tertiary/aromatic N) is 1. The molecule has 0 spiro atoms. The Morgan fingerprint density at radius 1 is 1.20 bits per heavy atom. The third kappa shape index (κ3) is 3.39. The normalized spacial score (nSPS) is 18.4. The maximum Gasteiger partial charge on any atom is 0.161 e. The van der Waals surface area contributed by atoms with Crippen LogP contribution in [0, 0.1) is 5.92 Å². The van der Waals surface area contributed by atoms with Crippen LogP contribution in [-0.4, -0.2) is 32.7 Å². The van der Waals surface area contributed by atoms with E-state index in [1.54, 1.807) is 14.2 Å². The number of hydrogen-bond donors (Lipinski definition) is 0. The van der Waals surface area contributed by atoms with Gasteiger partial charge in [0.2, 0.25) is 0 Å². The maximum absolute atomic E-state index is 5.45. The predicted molar refractivity (Wildman–Crippen MR) is 85.3 cm³/mol. The molecular weight excluding hydrogens is 274 g/mol. The molecule has 1 aromatic rings. The topological polar surface area (TPSA) is 21.7 Å². The number of methoxy groups -OCH3 is 2. The second kappa shape index (κ2) is 7.19. The molecule has 0 aromatic heterocycles. The van der Waals surface area contributed by atoms with Crippen LogP contribution in [0.3, 0.4) is 0 Å². The molecule has 20 heavy (non-hydrogen) atoms. The lowest BCUT2D eigenvalue weighted by atomic mass is 9.87. The number of ether oxygens (including phenoxy) is 2. The number of benzene rings is 1. The Hall–Kier alpha value is -0.930. The van der Waals surface area contributed by atoms with Crippen molar-refractivity contribution in [3.05, 3.63) is 23.3 Å². The lowest BCUT2D eigenvalue weighted by Crippen LogP contribution is -2.33. The van der Waals surface area contributed by atoms with E-state index in [1.165, 1.54) is 17.5 Å². The first-order valence-corrected chi connectivity index (χ1v) is 7.01. The van der Waals surface area contributed by atoms with Crippen LogP contribution >= 0.6 is 12.4 Å². The van der Waals surface area contributed by atoms with E-state index in [2.05, 4.69) is 37.9 Å². The second-order valence-electron chi connectivity index (χ2n) is 5.78. The molecule has 0 fully saturated rings. The fraction of sp³-hybridized carbons (Fsp3) is 0.625. The van der Waals surface area contributed by atoms with Crippen LogP contribution in [0.4, 0.5) is 0 Å². The van der Waals surface area contributed by atoms with Crippen molar-refractivity contribution < 1.29 is 9.47 Å². The number of likely N-dealkylation sites (N-methyl/N-ethyl adjacent to an activating group) is 1. The molecule has 0 radical (unpaired) electrons. The van der Waals surface area contributed by atoms with Crippen molar-refractivity contribution >= 4 is 12.4 Å². The van der Waals surface area contributed by atoms with Crippen molar-refractivity contribution in [2.75, 3.05) is 27.8 Å². The SMILES string of the molecule is COc1cc2c(cc1OC)C(CC(C)C)N(C)CC2.Cl. The third-order valence-corrected chi connectivity index (χ3v) is 3.96. The summed E-state index contributed by atoms with van der Waals surface area (Å²) in [5.41, 5.74) is 2.81. The molecule has 2 rings (SSSR count). The Bertz CT molecular complexity index is 448. The van der Waals surface area contributed by atoms with E-state index in [0.29, 0.717) is 12.0 Å². The van der Waals surface area contributed by atoms with Gasteiger partial charge in [-0.3, -0.25) is 4.90 Å². The quantitative estimate of drug-likeness (QED) is 0.846. The molecule has 0 saturated carbocycles. The van der Waals surface area contributed by atoms with E-state index >= 15 is 0 Å². The van der Waals surface area contributed by atoms with Crippen molar-refractivity contribution in [1.82, 2.24) is 4.90 Å². The van der Waals surface area contributed by atoms with Gasteiger partial charge in [0.25, 0.3) is 0 Å². The molecule has 1 heterocycles. The Labute approximate surface area is 128 Å². The lowest BCUT2D eigenvalue weighted by Gasteiger charge is -2.36. The average Bonchev–Trinajstić information content (AvgIpc) is 2.40. The van der Waals surface area contributed by atoms with Crippen LogP contribution in [0.5, 0.6) is 11.5 Å². The van der Waals surface area contributed by atoms with Crippen molar-refractivity contribution in [3.8, 4) is 11.5 Å². The van der Waals surface area contributed by atoms with E-state index < -0.39 is 0 Å². The first kappa shape index (κ1) is 17.1. The molecule has 0 bridgehead atoms. The monoisotopic (exact) mass is 299 g/mol. The number of fused-ring (bicyclic) bond motifs is 1. The molecule has 0 saturated heterocycles. The zero-order chi connectivity index (χ0) is 14.0. The summed E-state index contributed by atoms with van der Waals surface area (Å²) in [6, 6.07) is 4.80. The number of rotatable bonds is 4. The van der Waals surface area contributed by atoms with Crippen molar-refractivity contribution in [2.45, 2.75) is 32.7 Å². The molecule has 0 N–H and O–H groups in total. The summed E-state index contributed by atoms with van der Waals surface area (Å²) in [6.45, 7) is 5.67. The molecule has 1 atom stereocenters. The standard InChI is InChI=1S/C16H25NO2.ClH/c1-11(2)8-14-13-10-16(19-5)15(18-4)9-12(13)6-7-17(14)3;/h9-11,14H,6-8H2,1-5H3;1H. The molecule has 114 valence electrons. The minimum Gasteiger partial charge on any atom is -0.493 e. The van der Waals surface area contributed by atoms with Crippen LogP contribution < -0.4 is 9.47 Å². The molecule has 4 heteroatoms. The number of halogens is 1. The van der Waals surface area contributed by atoms with Gasteiger partial charge in [0, 0.05) is 12.6 Å². The van der Waals surface area contributed by atoms with Gasteiger partial charge in [-0.05, 0) is 49.1 Å². The highest BCUT2D eigenvalue weighted by Gasteiger charge is 2.27. The van der Waals surface area contributed by atoms with Gasteiger partial charge in [-0.15, -0.1) is 12.4 Å². The van der Waals surface area contributed by atoms with E-state index in [9.17, 15) is 0 Å². The van der Waals surface area contributed by atoms with E-state index in [-0.39, 0.29) is 12.4 Å². The zero-order valence-electron chi connectivity index (χ0n) is 13.1. The molecule has 3 nitrogen and oxygen atoms in total. The Morgan fingerprint density at radius 3 is 2.35 bits per heavy atom. The van der Waals surface area contributed by atoms with Crippen LogP contribution in [-0.2, 0) is 6.42 Å². The summed E-state index contributed by atoms with van der Waals surface area (Å²) in [4.78, 5) is 2.45. The Kier molecular flexibility index (Phi) is 6.15. The van der Waals surface area contributed by atoms with Crippen molar-refractivity contribution in [3.63, 3.8) is 0 Å². The molecule has 1 aliphatic rings. The van der Waals surface area contributed by atoms with Gasteiger partial charge in [-0.25, -0.2) is 0 Å². The van der Waals surface area contributed by atoms with Crippen LogP contribution in [0.1, 0.15) is 37.4 Å². The largest absolute Gasteiger partial charge is 0.493 e. The van der Waals surface area contributed by atoms with Gasteiger partial charge >= 0.3 is 0 Å². The summed E-state index contributed by atoms with van der Waals surface area (Å²) in [5, 5.41) is 0. The maximum atomic E-state index is 5.45. The minimum absolute atomic E-state index is 0. The molecule has 0 amide bonds. The highest BCUT2D eigenvalue weighted by Crippen LogP contribution is 2.39. The summed E-state index contributed by atoms with van der Waals surface area (Å²) >= 11 is 0. The molecule has 1 unspecified atom stereocenters. The fourth-order valence-electron chi connectivity index (χ4n) is 2.91. The smallest absolute Gasteiger partial charge is 0.161 e. The first-order valence-electron chi connectivity index (χ1n) is 7.01. The second-order valence-corrected chi connectivity index (χ2v) is 5.78. The average molecular weight is 300 g/mol. The minimum atomic E-state index is 0.